The van der Waals surface area contributed by atoms with Crippen LogP contribution in [0.5, 0.6) is 0 Å². The maximum Gasteiger partial charge on any atom is 0.416 e. The summed E-state index contributed by atoms with van der Waals surface area (Å²) < 4.78 is 37.0. The van der Waals surface area contributed by atoms with E-state index in [1.165, 1.54) is 13.1 Å². The summed E-state index contributed by atoms with van der Waals surface area (Å²) in [7, 11) is 1.24. The molecule has 0 saturated carbocycles. The Morgan fingerprint density at radius 2 is 1.82 bits per heavy atom. The third-order valence-electron chi connectivity index (χ3n) is 1.88. The zero-order chi connectivity index (χ0) is 13.1. The van der Waals surface area contributed by atoms with Crippen LogP contribution >= 0.6 is 0 Å². The second-order valence-corrected chi connectivity index (χ2v) is 3.11. The lowest BCUT2D eigenvalue weighted by atomic mass is 10.2. The van der Waals surface area contributed by atoms with Crippen LogP contribution in [0.25, 0.3) is 0 Å². The summed E-state index contributed by atoms with van der Waals surface area (Å²) in [6, 6.07) is 4.02. The highest BCUT2D eigenvalue weighted by Gasteiger charge is 2.30. The van der Waals surface area contributed by atoms with Gasteiger partial charge in [-0.1, -0.05) is 6.07 Å². The van der Waals surface area contributed by atoms with Gasteiger partial charge in [-0.05, 0) is 18.2 Å². The minimum atomic E-state index is -4.49. The lowest BCUT2D eigenvalue weighted by molar-refractivity contribution is -0.137. The molecule has 4 nitrogen and oxygen atoms in total. The Kier molecular flexibility index (Phi) is 3.72. The number of carbonyl (C=O) groups is 2. The van der Waals surface area contributed by atoms with Crippen LogP contribution in [0.3, 0.4) is 0 Å². The van der Waals surface area contributed by atoms with E-state index in [0.717, 1.165) is 18.2 Å². The predicted octanol–water partition coefficient (Wildman–Crippen LogP) is 1.39. The van der Waals surface area contributed by atoms with Gasteiger partial charge >= 0.3 is 18.0 Å². The zero-order valence-electron chi connectivity index (χ0n) is 8.76. The summed E-state index contributed by atoms with van der Waals surface area (Å²) in [6.45, 7) is 0. The Hall–Kier alpha value is -2.05. The van der Waals surface area contributed by atoms with Gasteiger partial charge in [-0.3, -0.25) is 9.59 Å². The van der Waals surface area contributed by atoms with Gasteiger partial charge in [0.25, 0.3) is 0 Å². The van der Waals surface area contributed by atoms with Crippen molar-refractivity contribution in [2.24, 2.45) is 0 Å². The fraction of sp³-hybridized carbons (Fsp3) is 0.200. The Labute approximate surface area is 94.8 Å². The maximum atomic E-state index is 12.3. The number of hydrogen-bond donors (Lipinski definition) is 2. The second kappa shape index (κ2) is 4.86. The van der Waals surface area contributed by atoms with Gasteiger partial charge in [0.05, 0.1) is 5.56 Å². The van der Waals surface area contributed by atoms with Crippen LogP contribution in [-0.4, -0.2) is 18.9 Å². The van der Waals surface area contributed by atoms with E-state index in [1.807, 2.05) is 0 Å². The number of halogens is 3. The number of carbonyl (C=O) groups excluding carboxylic acids is 2. The molecule has 7 heteroatoms. The van der Waals surface area contributed by atoms with E-state index in [9.17, 15) is 22.8 Å². The van der Waals surface area contributed by atoms with Crippen LogP contribution in [0, 0.1) is 0 Å². The van der Waals surface area contributed by atoms with Gasteiger partial charge in [0.1, 0.15) is 0 Å². The van der Waals surface area contributed by atoms with E-state index < -0.39 is 23.6 Å². The van der Waals surface area contributed by atoms with Crippen molar-refractivity contribution in [3.05, 3.63) is 29.8 Å². The van der Waals surface area contributed by atoms with Crippen molar-refractivity contribution in [2.45, 2.75) is 6.18 Å². The Bertz CT molecular complexity index is 443. The Morgan fingerprint density at radius 3 is 2.35 bits per heavy atom. The largest absolute Gasteiger partial charge is 0.416 e. The van der Waals surface area contributed by atoms with Gasteiger partial charge in [-0.2, -0.15) is 13.2 Å². The maximum absolute atomic E-state index is 12.3. The van der Waals surface area contributed by atoms with Crippen molar-refractivity contribution in [3.63, 3.8) is 0 Å². The molecule has 1 aromatic carbocycles. The quantitative estimate of drug-likeness (QED) is 0.736. The molecule has 17 heavy (non-hydrogen) atoms. The molecule has 0 aliphatic carbocycles. The normalized spacial score (nSPS) is 10.8. The molecule has 1 rings (SSSR count). The molecular weight excluding hydrogens is 237 g/mol. The fourth-order valence-corrected chi connectivity index (χ4v) is 1.07. The van der Waals surface area contributed by atoms with Crippen LogP contribution in [0.2, 0.25) is 0 Å². The van der Waals surface area contributed by atoms with Gasteiger partial charge in [0, 0.05) is 12.7 Å². The van der Waals surface area contributed by atoms with Crippen LogP contribution in [0.1, 0.15) is 5.56 Å². The minimum absolute atomic E-state index is 0.0894. The van der Waals surface area contributed by atoms with E-state index in [-0.39, 0.29) is 5.69 Å². The SMILES string of the molecule is CNC(=O)C(=O)Nc1cccc(C(F)(F)F)c1. The number of likely N-dealkylation sites (N-methyl/N-ethyl adjacent to an activating group) is 1. The minimum Gasteiger partial charge on any atom is -0.351 e. The Balaban J connectivity index is 2.87. The monoisotopic (exact) mass is 246 g/mol. The average molecular weight is 246 g/mol. The van der Waals surface area contributed by atoms with Crippen molar-refractivity contribution < 1.29 is 22.8 Å². The molecule has 0 heterocycles. The predicted molar refractivity (Wildman–Crippen MR) is 54.1 cm³/mol. The highest BCUT2D eigenvalue weighted by Crippen LogP contribution is 2.30. The first kappa shape index (κ1) is 13.0. The number of anilines is 1. The van der Waals surface area contributed by atoms with E-state index in [0.29, 0.717) is 0 Å². The number of benzene rings is 1. The molecule has 2 amide bonds. The van der Waals surface area contributed by atoms with Crippen molar-refractivity contribution in [1.29, 1.82) is 0 Å². The molecule has 0 saturated heterocycles. The molecule has 0 spiro atoms. The molecule has 0 radical (unpaired) electrons. The van der Waals surface area contributed by atoms with Gasteiger partial charge in [0.15, 0.2) is 0 Å². The van der Waals surface area contributed by atoms with Crippen molar-refractivity contribution in [3.8, 4) is 0 Å². The number of hydrogen-bond acceptors (Lipinski definition) is 2. The topological polar surface area (TPSA) is 58.2 Å². The van der Waals surface area contributed by atoms with Crippen LogP contribution in [-0.2, 0) is 15.8 Å². The van der Waals surface area contributed by atoms with Crippen LogP contribution in [0.15, 0.2) is 24.3 Å². The van der Waals surface area contributed by atoms with Gasteiger partial charge in [-0.15, -0.1) is 0 Å². The first-order chi connectivity index (χ1) is 7.84. The second-order valence-electron chi connectivity index (χ2n) is 3.11. The molecule has 0 unspecified atom stereocenters. The molecule has 0 bridgehead atoms. The molecule has 0 atom stereocenters. The summed E-state index contributed by atoms with van der Waals surface area (Å²) in [5, 5.41) is 4.11. The number of amides is 2. The summed E-state index contributed by atoms with van der Waals surface area (Å²) >= 11 is 0. The summed E-state index contributed by atoms with van der Waals surface area (Å²) in [5.74, 6) is -1.95. The smallest absolute Gasteiger partial charge is 0.351 e. The van der Waals surface area contributed by atoms with Gasteiger partial charge in [0.2, 0.25) is 0 Å². The third kappa shape index (κ3) is 3.47. The standard InChI is InChI=1S/C10H9F3N2O2/c1-14-8(16)9(17)15-7-4-2-3-6(5-7)10(11,12)13/h2-5H,1H3,(H,14,16)(H,15,17). The number of rotatable bonds is 1. The van der Waals surface area contributed by atoms with Crippen LogP contribution < -0.4 is 10.6 Å². The third-order valence-corrected chi connectivity index (χ3v) is 1.88. The summed E-state index contributed by atoms with van der Waals surface area (Å²) in [4.78, 5) is 22.0. The molecule has 92 valence electrons. The van der Waals surface area contributed by atoms with Crippen molar-refractivity contribution >= 4 is 17.5 Å². The molecule has 2 N–H and O–H groups in total. The van der Waals surface area contributed by atoms with E-state index in [2.05, 4.69) is 10.6 Å². The van der Waals surface area contributed by atoms with E-state index >= 15 is 0 Å². The molecule has 1 aromatic rings. The molecule has 0 aromatic heterocycles. The van der Waals surface area contributed by atoms with Crippen LogP contribution in [0.4, 0.5) is 18.9 Å². The van der Waals surface area contributed by atoms with E-state index in [4.69, 9.17) is 0 Å². The first-order valence-electron chi connectivity index (χ1n) is 4.55. The zero-order valence-corrected chi connectivity index (χ0v) is 8.76. The molecule has 0 aliphatic rings. The molecule has 0 fully saturated rings. The molecule has 0 aliphatic heterocycles. The lowest BCUT2D eigenvalue weighted by Gasteiger charge is -2.09. The van der Waals surface area contributed by atoms with Crippen molar-refractivity contribution in [2.75, 3.05) is 12.4 Å². The number of alkyl halides is 3. The summed E-state index contributed by atoms with van der Waals surface area (Å²) in [6.07, 6.45) is -4.49. The van der Waals surface area contributed by atoms with Gasteiger partial charge < -0.3 is 10.6 Å². The average Bonchev–Trinajstić information content (AvgIpc) is 2.27. The van der Waals surface area contributed by atoms with Crippen molar-refractivity contribution in [1.82, 2.24) is 5.32 Å². The molecular formula is C10H9F3N2O2. The first-order valence-corrected chi connectivity index (χ1v) is 4.55. The lowest BCUT2D eigenvalue weighted by Crippen LogP contribution is -2.32. The summed E-state index contributed by atoms with van der Waals surface area (Å²) in [5.41, 5.74) is -0.986. The number of nitrogens with one attached hydrogen (secondary N) is 2. The highest BCUT2D eigenvalue weighted by atomic mass is 19.4. The Morgan fingerprint density at radius 1 is 1.18 bits per heavy atom. The van der Waals surface area contributed by atoms with Gasteiger partial charge in [-0.25, -0.2) is 0 Å². The fourth-order valence-electron chi connectivity index (χ4n) is 1.07. The highest BCUT2D eigenvalue weighted by molar-refractivity contribution is 6.39. The van der Waals surface area contributed by atoms with E-state index in [1.54, 1.807) is 0 Å².